The van der Waals surface area contributed by atoms with E-state index in [4.69, 9.17) is 10.5 Å². The molecule has 0 saturated carbocycles. The molecule has 0 unspecified atom stereocenters. The zero-order valence-electron chi connectivity index (χ0n) is 11.4. The first kappa shape index (κ1) is 14.4. The minimum Gasteiger partial charge on any atom is -0.484 e. The highest BCUT2D eigenvalue weighted by Gasteiger charge is 2.09. The molecule has 5 heteroatoms. The summed E-state index contributed by atoms with van der Waals surface area (Å²) < 4.78 is 5.44. The predicted octanol–water partition coefficient (Wildman–Crippen LogP) is 2.41. The summed E-state index contributed by atoms with van der Waals surface area (Å²) >= 11 is 1.71. The molecule has 1 amide bonds. The van der Waals surface area contributed by atoms with Gasteiger partial charge in [0.25, 0.3) is 5.91 Å². The number of anilines is 1. The molecule has 4 nitrogen and oxygen atoms in total. The molecular weight excluding hydrogens is 272 g/mol. The largest absolute Gasteiger partial charge is 0.484 e. The first-order chi connectivity index (χ1) is 9.65. The molecule has 2 aromatic rings. The maximum absolute atomic E-state index is 11.9. The summed E-state index contributed by atoms with van der Waals surface area (Å²) in [5.41, 5.74) is 6.26. The molecule has 0 aliphatic carbocycles. The second kappa shape index (κ2) is 6.96. The maximum Gasteiger partial charge on any atom is 0.260 e. The Bertz CT molecular complexity index is 538. The van der Waals surface area contributed by atoms with Gasteiger partial charge in [-0.25, -0.2) is 0 Å². The number of carbonyl (C=O) groups is 1. The summed E-state index contributed by atoms with van der Waals surface area (Å²) in [5, 5.41) is 2.04. The standard InChI is InChI=1S/C15H18N2O2S/c1-17(9-8-14-3-2-10-20-14)15(18)11-19-13-6-4-12(16)5-7-13/h2-7,10H,8-9,11,16H2,1H3. The summed E-state index contributed by atoms with van der Waals surface area (Å²) in [6.07, 6.45) is 0.877. The van der Waals surface area contributed by atoms with E-state index in [0.717, 1.165) is 6.42 Å². The SMILES string of the molecule is CN(CCc1cccs1)C(=O)COc1ccc(N)cc1. The third-order valence-corrected chi connectivity index (χ3v) is 3.88. The van der Waals surface area contributed by atoms with Crippen LogP contribution in [0, 0.1) is 0 Å². The molecule has 0 radical (unpaired) electrons. The van der Waals surface area contributed by atoms with Gasteiger partial charge in [-0.15, -0.1) is 11.3 Å². The topological polar surface area (TPSA) is 55.6 Å². The van der Waals surface area contributed by atoms with Crippen LogP contribution in [0.5, 0.6) is 5.75 Å². The van der Waals surface area contributed by atoms with Crippen LogP contribution in [0.2, 0.25) is 0 Å². The van der Waals surface area contributed by atoms with Crippen LogP contribution < -0.4 is 10.5 Å². The second-order valence-corrected chi connectivity index (χ2v) is 5.53. The lowest BCUT2D eigenvalue weighted by molar-refractivity contribution is -0.132. The Balaban J connectivity index is 1.74. The van der Waals surface area contributed by atoms with Crippen molar-refractivity contribution < 1.29 is 9.53 Å². The van der Waals surface area contributed by atoms with Gasteiger partial charge < -0.3 is 15.4 Å². The normalized spacial score (nSPS) is 10.2. The van der Waals surface area contributed by atoms with Gasteiger partial charge in [0.05, 0.1) is 0 Å². The molecule has 2 N–H and O–H groups in total. The van der Waals surface area contributed by atoms with Gasteiger partial charge in [0.2, 0.25) is 0 Å². The Morgan fingerprint density at radius 1 is 1.30 bits per heavy atom. The Kier molecular flexibility index (Phi) is 5.01. The lowest BCUT2D eigenvalue weighted by Crippen LogP contribution is -2.32. The lowest BCUT2D eigenvalue weighted by atomic mass is 10.3. The van der Waals surface area contributed by atoms with E-state index in [2.05, 4.69) is 6.07 Å². The number of nitrogens with two attached hydrogens (primary N) is 1. The maximum atomic E-state index is 11.9. The number of carbonyl (C=O) groups excluding carboxylic acids is 1. The highest BCUT2D eigenvalue weighted by atomic mass is 32.1. The van der Waals surface area contributed by atoms with Gasteiger partial charge >= 0.3 is 0 Å². The Morgan fingerprint density at radius 3 is 2.70 bits per heavy atom. The van der Waals surface area contributed by atoms with E-state index in [1.165, 1.54) is 4.88 Å². The highest BCUT2D eigenvalue weighted by Crippen LogP contribution is 2.13. The van der Waals surface area contributed by atoms with Crippen LogP contribution in [0.1, 0.15) is 4.88 Å². The number of nitrogens with zero attached hydrogens (tertiary/aromatic N) is 1. The molecule has 1 heterocycles. The quantitative estimate of drug-likeness (QED) is 0.831. The first-order valence-electron chi connectivity index (χ1n) is 6.40. The van der Waals surface area contributed by atoms with Gasteiger partial charge in [-0.2, -0.15) is 0 Å². The van der Waals surface area contributed by atoms with Crippen molar-refractivity contribution >= 4 is 22.9 Å². The number of likely N-dealkylation sites (N-methyl/N-ethyl adjacent to an activating group) is 1. The van der Waals surface area contributed by atoms with Crippen LogP contribution in [-0.2, 0) is 11.2 Å². The van der Waals surface area contributed by atoms with Crippen molar-refractivity contribution in [2.45, 2.75) is 6.42 Å². The first-order valence-corrected chi connectivity index (χ1v) is 7.28. The van der Waals surface area contributed by atoms with Crippen molar-refractivity contribution in [2.24, 2.45) is 0 Å². The van der Waals surface area contributed by atoms with Crippen molar-refractivity contribution in [3.05, 3.63) is 46.7 Å². The van der Waals surface area contributed by atoms with Gasteiger partial charge in [-0.1, -0.05) is 6.07 Å². The van der Waals surface area contributed by atoms with Gasteiger partial charge in [0.1, 0.15) is 5.75 Å². The summed E-state index contributed by atoms with van der Waals surface area (Å²) in [6.45, 7) is 0.745. The molecule has 106 valence electrons. The third-order valence-electron chi connectivity index (χ3n) is 2.94. The number of rotatable bonds is 6. The highest BCUT2D eigenvalue weighted by molar-refractivity contribution is 7.09. The van der Waals surface area contributed by atoms with E-state index in [1.54, 1.807) is 47.5 Å². The Labute approximate surface area is 122 Å². The van der Waals surface area contributed by atoms with Crippen molar-refractivity contribution in [2.75, 3.05) is 25.9 Å². The average Bonchev–Trinajstić information content (AvgIpc) is 2.97. The predicted molar refractivity (Wildman–Crippen MR) is 82.0 cm³/mol. The molecule has 2 rings (SSSR count). The monoisotopic (exact) mass is 290 g/mol. The average molecular weight is 290 g/mol. The number of hydrogen-bond acceptors (Lipinski definition) is 4. The van der Waals surface area contributed by atoms with E-state index in [1.807, 2.05) is 11.4 Å². The van der Waals surface area contributed by atoms with Crippen molar-refractivity contribution in [1.82, 2.24) is 4.90 Å². The van der Waals surface area contributed by atoms with Gasteiger partial charge in [-0.05, 0) is 42.1 Å². The second-order valence-electron chi connectivity index (χ2n) is 4.50. The fraction of sp³-hybridized carbons (Fsp3) is 0.267. The summed E-state index contributed by atoms with van der Waals surface area (Å²) in [6, 6.07) is 11.1. The lowest BCUT2D eigenvalue weighted by Gasteiger charge is -2.17. The summed E-state index contributed by atoms with van der Waals surface area (Å²) in [5.74, 6) is 0.623. The van der Waals surface area contributed by atoms with E-state index in [-0.39, 0.29) is 12.5 Å². The van der Waals surface area contributed by atoms with E-state index < -0.39 is 0 Å². The number of ether oxygens (including phenoxy) is 1. The Morgan fingerprint density at radius 2 is 2.05 bits per heavy atom. The molecule has 0 aliphatic heterocycles. The number of amides is 1. The molecule has 1 aromatic heterocycles. The number of benzene rings is 1. The molecule has 20 heavy (non-hydrogen) atoms. The van der Waals surface area contributed by atoms with Crippen molar-refractivity contribution in [3.8, 4) is 5.75 Å². The number of thiophene rings is 1. The molecule has 0 bridgehead atoms. The van der Waals surface area contributed by atoms with Crippen LogP contribution in [0.3, 0.4) is 0 Å². The summed E-state index contributed by atoms with van der Waals surface area (Å²) in [4.78, 5) is 14.9. The Hall–Kier alpha value is -2.01. The smallest absolute Gasteiger partial charge is 0.260 e. The molecule has 1 aromatic carbocycles. The fourth-order valence-electron chi connectivity index (χ4n) is 1.68. The van der Waals surface area contributed by atoms with Crippen LogP contribution >= 0.6 is 11.3 Å². The van der Waals surface area contributed by atoms with Crippen molar-refractivity contribution in [1.29, 1.82) is 0 Å². The van der Waals surface area contributed by atoms with Gasteiger partial charge in [-0.3, -0.25) is 4.79 Å². The van der Waals surface area contributed by atoms with Gasteiger partial charge in [0.15, 0.2) is 6.61 Å². The van der Waals surface area contributed by atoms with Gasteiger partial charge in [0, 0.05) is 24.2 Å². The number of nitrogen functional groups attached to an aromatic ring is 1. The molecule has 0 atom stereocenters. The van der Waals surface area contributed by atoms with E-state index in [0.29, 0.717) is 18.0 Å². The molecular formula is C15H18N2O2S. The van der Waals surface area contributed by atoms with Crippen molar-refractivity contribution in [3.63, 3.8) is 0 Å². The molecule has 0 saturated heterocycles. The van der Waals surface area contributed by atoms with Crippen LogP contribution in [-0.4, -0.2) is 31.0 Å². The van der Waals surface area contributed by atoms with E-state index >= 15 is 0 Å². The minimum absolute atomic E-state index is 0.0293. The zero-order valence-corrected chi connectivity index (χ0v) is 12.2. The zero-order chi connectivity index (χ0) is 14.4. The third kappa shape index (κ3) is 4.28. The fourth-order valence-corrected chi connectivity index (χ4v) is 2.37. The molecule has 0 spiro atoms. The summed E-state index contributed by atoms with van der Waals surface area (Å²) in [7, 11) is 1.79. The minimum atomic E-state index is -0.0293. The number of hydrogen-bond donors (Lipinski definition) is 1. The van der Waals surface area contributed by atoms with E-state index in [9.17, 15) is 4.79 Å². The van der Waals surface area contributed by atoms with Crippen LogP contribution in [0.15, 0.2) is 41.8 Å². The molecule has 0 fully saturated rings. The molecule has 0 aliphatic rings. The van der Waals surface area contributed by atoms with Crippen LogP contribution in [0.4, 0.5) is 5.69 Å². The van der Waals surface area contributed by atoms with Crippen LogP contribution in [0.25, 0.3) is 0 Å².